The highest BCUT2D eigenvalue weighted by molar-refractivity contribution is 8.00. The van der Waals surface area contributed by atoms with E-state index in [1.165, 1.54) is 23.8 Å². The third-order valence-corrected chi connectivity index (χ3v) is 10.2. The summed E-state index contributed by atoms with van der Waals surface area (Å²) in [7, 11) is 1.49. The summed E-state index contributed by atoms with van der Waals surface area (Å²) >= 11 is 2.26. The number of amides is 3. The summed E-state index contributed by atoms with van der Waals surface area (Å²) in [5.74, 6) is -1.57. The summed E-state index contributed by atoms with van der Waals surface area (Å²) in [5.41, 5.74) is 1.89. The smallest absolute Gasteiger partial charge is 0.305 e. The molecule has 3 atom stereocenters. The van der Waals surface area contributed by atoms with Gasteiger partial charge in [0.1, 0.15) is 5.25 Å². The molecular weight excluding hydrogens is 599 g/mol. The molecule has 0 saturated carbocycles. The molecule has 220 valence electrons. The number of methoxy groups -OCH3 is 1. The van der Waals surface area contributed by atoms with Gasteiger partial charge >= 0.3 is 4.87 Å². The number of imide groups is 1. The average molecular weight is 624 g/mol. The van der Waals surface area contributed by atoms with Gasteiger partial charge in [0, 0.05) is 21.9 Å². The van der Waals surface area contributed by atoms with Crippen LogP contribution >= 0.6 is 23.1 Å². The van der Waals surface area contributed by atoms with Gasteiger partial charge in [-0.2, -0.15) is 0 Å². The zero-order chi connectivity index (χ0) is 30.4. The molecule has 2 aliphatic rings. The number of carbonyl (C=O) groups excluding carboxylic acids is 3. The van der Waals surface area contributed by atoms with Crippen LogP contribution in [0.4, 0.5) is 11.4 Å². The maximum Gasteiger partial charge on any atom is 0.305 e. The van der Waals surface area contributed by atoms with Crippen LogP contribution in [0.3, 0.4) is 0 Å². The minimum absolute atomic E-state index is 0.253. The average Bonchev–Trinajstić information content (AvgIpc) is 3.54. The molecule has 4 aromatic carbocycles. The number of rotatable bonds is 7. The number of thioether (sulfide) groups is 1. The number of H-pyrrole nitrogens is 1. The highest BCUT2D eigenvalue weighted by Crippen LogP contribution is 2.53. The number of fused-ring (bicyclic) bond motifs is 3. The number of anilines is 2. The van der Waals surface area contributed by atoms with E-state index in [0.29, 0.717) is 38.3 Å². The van der Waals surface area contributed by atoms with E-state index < -0.39 is 17.1 Å². The van der Waals surface area contributed by atoms with E-state index in [9.17, 15) is 19.2 Å². The maximum absolute atomic E-state index is 13.9. The lowest BCUT2D eigenvalue weighted by molar-refractivity contribution is -0.122. The normalized spacial score (nSPS) is 19.0. The molecule has 44 heavy (non-hydrogen) atoms. The van der Waals surface area contributed by atoms with E-state index in [-0.39, 0.29) is 29.2 Å². The van der Waals surface area contributed by atoms with Gasteiger partial charge in [0.25, 0.3) is 5.91 Å². The van der Waals surface area contributed by atoms with Crippen molar-refractivity contribution < 1.29 is 23.9 Å². The highest BCUT2D eigenvalue weighted by Gasteiger charge is 2.56. The zero-order valence-corrected chi connectivity index (χ0v) is 24.9. The summed E-state index contributed by atoms with van der Waals surface area (Å²) in [6, 6.07) is 27.5. The van der Waals surface area contributed by atoms with Crippen molar-refractivity contribution in [2.75, 3.05) is 23.9 Å². The fourth-order valence-corrected chi connectivity index (χ4v) is 8.38. The molecular formula is C33H25N3O6S2. The Bertz CT molecular complexity index is 1980. The Balaban J connectivity index is 1.16. The molecule has 7 rings (SSSR count). The van der Waals surface area contributed by atoms with Gasteiger partial charge in [-0.1, -0.05) is 83.8 Å². The van der Waals surface area contributed by atoms with E-state index in [1.54, 1.807) is 42.5 Å². The fraction of sp³-hybridized carbons (Fsp3) is 0.152. The lowest BCUT2D eigenvalue weighted by Crippen LogP contribution is -2.32. The Kier molecular flexibility index (Phi) is 7.19. The first kappa shape index (κ1) is 27.9. The topological polar surface area (TPSA) is 118 Å². The molecule has 5 aromatic rings. The molecule has 1 saturated heterocycles. The molecule has 2 aliphatic heterocycles. The second kappa shape index (κ2) is 11.3. The van der Waals surface area contributed by atoms with Crippen LogP contribution in [0.1, 0.15) is 16.4 Å². The number of ether oxygens (including phenoxy) is 2. The number of hydrogen-bond acceptors (Lipinski definition) is 8. The molecule has 11 heteroatoms. The lowest BCUT2D eigenvalue weighted by atomic mass is 9.83. The number of benzene rings is 4. The first-order chi connectivity index (χ1) is 21.4. The van der Waals surface area contributed by atoms with Crippen LogP contribution in [0.15, 0.2) is 101 Å². The first-order valence-electron chi connectivity index (χ1n) is 13.8. The maximum atomic E-state index is 13.9. The van der Waals surface area contributed by atoms with Crippen LogP contribution in [0.2, 0.25) is 0 Å². The van der Waals surface area contributed by atoms with Crippen molar-refractivity contribution in [3.63, 3.8) is 0 Å². The standard InChI is InChI=1S/C33H25N3O6S2/c1-41-24-16-19(14-15-23(24)42-17-25(37)34-22-13-7-9-18-8-5-6-12-21(18)22)26-27-29(43-30-28(26)44-33(40)35-30)32(39)36(31(27)38)20-10-3-2-4-11-20/h2-16,26-27,29H,17H2,1H3,(H,34,37)(H,35,40)/t26-,27?,29?/m1/s1. The summed E-state index contributed by atoms with van der Waals surface area (Å²) in [4.78, 5) is 57.3. The van der Waals surface area contributed by atoms with E-state index in [4.69, 9.17) is 9.47 Å². The van der Waals surface area contributed by atoms with Crippen LogP contribution in [-0.4, -0.2) is 41.7 Å². The summed E-state index contributed by atoms with van der Waals surface area (Å²) in [6.07, 6.45) is 0. The summed E-state index contributed by atoms with van der Waals surface area (Å²) in [6.45, 7) is -0.258. The van der Waals surface area contributed by atoms with Gasteiger partial charge in [0.15, 0.2) is 18.1 Å². The van der Waals surface area contributed by atoms with Gasteiger partial charge in [-0.25, -0.2) is 4.90 Å². The number of para-hydroxylation sites is 1. The molecule has 9 nitrogen and oxygen atoms in total. The number of carbonyl (C=O) groups is 3. The number of aromatic nitrogens is 1. The highest BCUT2D eigenvalue weighted by atomic mass is 32.2. The van der Waals surface area contributed by atoms with Crippen molar-refractivity contribution in [2.45, 2.75) is 16.2 Å². The Morgan fingerprint density at radius 1 is 0.909 bits per heavy atom. The van der Waals surface area contributed by atoms with Crippen LogP contribution < -0.4 is 24.6 Å². The molecule has 0 radical (unpaired) electrons. The number of thiazole rings is 1. The monoisotopic (exact) mass is 623 g/mol. The van der Waals surface area contributed by atoms with Gasteiger partial charge in [-0.05, 0) is 41.3 Å². The molecule has 3 heterocycles. The SMILES string of the molecule is COc1cc([C@H]2c3sc(=O)[nH]c3SC3C(=O)N(c4ccccc4)C(=O)C32)ccc1OCC(=O)Nc1cccc2ccccc12. The van der Waals surface area contributed by atoms with Crippen molar-refractivity contribution in [3.05, 3.63) is 111 Å². The van der Waals surface area contributed by atoms with E-state index in [1.807, 2.05) is 48.5 Å². The van der Waals surface area contributed by atoms with Gasteiger partial charge in [0.05, 0.1) is 23.7 Å². The molecule has 2 N–H and O–H groups in total. The number of hydrogen-bond donors (Lipinski definition) is 2. The quantitative estimate of drug-likeness (QED) is 0.233. The molecule has 0 spiro atoms. The fourth-order valence-electron chi connectivity index (χ4n) is 5.87. The number of nitrogens with zero attached hydrogens (tertiary/aromatic N) is 1. The Morgan fingerprint density at radius 3 is 2.50 bits per heavy atom. The zero-order valence-electron chi connectivity index (χ0n) is 23.3. The van der Waals surface area contributed by atoms with Crippen LogP contribution in [-0.2, 0) is 14.4 Å². The second-order valence-corrected chi connectivity index (χ2v) is 12.5. The lowest BCUT2D eigenvalue weighted by Gasteiger charge is -2.30. The minimum atomic E-state index is -0.727. The van der Waals surface area contributed by atoms with Gasteiger partial charge < -0.3 is 19.8 Å². The molecule has 0 aliphatic carbocycles. The van der Waals surface area contributed by atoms with Crippen LogP contribution in [0.25, 0.3) is 10.8 Å². The molecule has 0 bridgehead atoms. The third-order valence-electron chi connectivity index (χ3n) is 7.81. The second-order valence-electron chi connectivity index (χ2n) is 10.4. The predicted molar refractivity (Wildman–Crippen MR) is 170 cm³/mol. The van der Waals surface area contributed by atoms with Crippen LogP contribution in [0.5, 0.6) is 11.5 Å². The molecule has 3 amide bonds. The summed E-state index contributed by atoms with van der Waals surface area (Å²) < 4.78 is 11.5. The third kappa shape index (κ3) is 4.83. The van der Waals surface area contributed by atoms with Gasteiger partial charge in [-0.15, -0.1) is 0 Å². The van der Waals surface area contributed by atoms with Crippen molar-refractivity contribution >= 4 is 63.0 Å². The summed E-state index contributed by atoms with van der Waals surface area (Å²) in [5, 5.41) is 4.73. The molecule has 2 unspecified atom stereocenters. The van der Waals surface area contributed by atoms with Crippen molar-refractivity contribution in [1.29, 1.82) is 0 Å². The largest absolute Gasteiger partial charge is 0.493 e. The Hall–Kier alpha value is -4.87. The van der Waals surface area contributed by atoms with Crippen LogP contribution in [0, 0.1) is 5.92 Å². The first-order valence-corrected chi connectivity index (χ1v) is 15.5. The van der Waals surface area contributed by atoms with Gasteiger partial charge in [0.2, 0.25) is 11.8 Å². The Morgan fingerprint density at radius 2 is 1.68 bits per heavy atom. The van der Waals surface area contributed by atoms with Crippen molar-refractivity contribution in [2.24, 2.45) is 5.92 Å². The number of nitrogens with one attached hydrogen (secondary N) is 2. The van der Waals surface area contributed by atoms with E-state index in [0.717, 1.165) is 22.1 Å². The number of aromatic amines is 1. The van der Waals surface area contributed by atoms with Crippen molar-refractivity contribution in [3.8, 4) is 11.5 Å². The molecule has 1 aromatic heterocycles. The van der Waals surface area contributed by atoms with Crippen molar-refractivity contribution in [1.82, 2.24) is 4.98 Å². The van der Waals surface area contributed by atoms with E-state index in [2.05, 4.69) is 10.3 Å². The predicted octanol–water partition coefficient (Wildman–Crippen LogP) is 5.41. The Labute approximate surface area is 259 Å². The minimum Gasteiger partial charge on any atom is -0.493 e. The van der Waals surface area contributed by atoms with E-state index >= 15 is 0 Å². The van der Waals surface area contributed by atoms with Gasteiger partial charge in [-0.3, -0.25) is 19.2 Å². The molecule has 1 fully saturated rings.